The second kappa shape index (κ2) is 8.91. The SMILES string of the molecule is O=C(O)CCCNC(=O)CC/C=C/c1ccccc1. The molecular formula is C15H19NO3. The van der Waals surface area contributed by atoms with Crippen LogP contribution >= 0.6 is 0 Å². The standard InChI is InChI=1S/C15H19NO3/c17-14(16-12-6-11-15(18)19)10-5-4-9-13-7-2-1-3-8-13/h1-4,7-9H,5-6,10-12H2,(H,16,17)(H,18,19)/b9-4+. The first-order valence-electron chi connectivity index (χ1n) is 6.38. The third-order valence-electron chi connectivity index (χ3n) is 2.54. The Balaban J connectivity index is 2.10. The Morgan fingerprint density at radius 1 is 1.16 bits per heavy atom. The third kappa shape index (κ3) is 7.76. The second-order valence-corrected chi connectivity index (χ2v) is 4.20. The van der Waals surface area contributed by atoms with E-state index in [1.54, 1.807) is 0 Å². The van der Waals surface area contributed by atoms with Crippen molar-refractivity contribution < 1.29 is 14.7 Å². The third-order valence-corrected chi connectivity index (χ3v) is 2.54. The molecule has 1 aromatic rings. The molecule has 0 unspecified atom stereocenters. The molecular weight excluding hydrogens is 242 g/mol. The van der Waals surface area contributed by atoms with Crippen molar-refractivity contribution in [2.45, 2.75) is 25.7 Å². The van der Waals surface area contributed by atoms with Crippen LogP contribution in [0.5, 0.6) is 0 Å². The van der Waals surface area contributed by atoms with Gasteiger partial charge in [0.05, 0.1) is 0 Å². The number of benzene rings is 1. The minimum absolute atomic E-state index is 0.0388. The van der Waals surface area contributed by atoms with Crippen molar-refractivity contribution in [1.29, 1.82) is 0 Å². The summed E-state index contributed by atoms with van der Waals surface area (Å²) in [6.45, 7) is 0.424. The van der Waals surface area contributed by atoms with Crippen LogP contribution in [0.15, 0.2) is 36.4 Å². The van der Waals surface area contributed by atoms with Crippen LogP contribution in [0.2, 0.25) is 0 Å². The van der Waals surface area contributed by atoms with Crippen LogP contribution in [-0.4, -0.2) is 23.5 Å². The van der Waals surface area contributed by atoms with E-state index in [9.17, 15) is 9.59 Å². The Hall–Kier alpha value is -2.10. The molecule has 4 nitrogen and oxygen atoms in total. The fourth-order valence-corrected chi connectivity index (χ4v) is 1.55. The van der Waals surface area contributed by atoms with Gasteiger partial charge in [0.2, 0.25) is 5.91 Å². The molecule has 4 heteroatoms. The van der Waals surface area contributed by atoms with E-state index in [-0.39, 0.29) is 12.3 Å². The highest BCUT2D eigenvalue weighted by Gasteiger charge is 2.00. The quantitative estimate of drug-likeness (QED) is 0.706. The number of hydrogen-bond donors (Lipinski definition) is 2. The van der Waals surface area contributed by atoms with Gasteiger partial charge in [0.25, 0.3) is 0 Å². The number of allylic oxidation sites excluding steroid dienone is 1. The molecule has 0 atom stereocenters. The molecule has 0 fully saturated rings. The molecule has 0 saturated heterocycles. The lowest BCUT2D eigenvalue weighted by molar-refractivity contribution is -0.137. The molecule has 0 aliphatic rings. The first-order chi connectivity index (χ1) is 9.18. The van der Waals surface area contributed by atoms with Crippen molar-refractivity contribution in [2.24, 2.45) is 0 Å². The monoisotopic (exact) mass is 261 g/mol. The van der Waals surface area contributed by atoms with E-state index in [0.29, 0.717) is 25.8 Å². The van der Waals surface area contributed by atoms with Gasteiger partial charge in [-0.1, -0.05) is 42.5 Å². The molecule has 19 heavy (non-hydrogen) atoms. The molecule has 102 valence electrons. The van der Waals surface area contributed by atoms with Crippen LogP contribution in [0.1, 0.15) is 31.2 Å². The average molecular weight is 261 g/mol. The number of rotatable bonds is 8. The smallest absolute Gasteiger partial charge is 0.303 e. The number of carbonyl (C=O) groups is 2. The number of nitrogens with one attached hydrogen (secondary N) is 1. The molecule has 0 aromatic heterocycles. The van der Waals surface area contributed by atoms with Crippen molar-refractivity contribution in [2.75, 3.05) is 6.54 Å². The second-order valence-electron chi connectivity index (χ2n) is 4.20. The molecule has 0 bridgehead atoms. The van der Waals surface area contributed by atoms with Gasteiger partial charge in [0.1, 0.15) is 0 Å². The van der Waals surface area contributed by atoms with Gasteiger partial charge in [0.15, 0.2) is 0 Å². The molecule has 0 heterocycles. The summed E-state index contributed by atoms with van der Waals surface area (Å²) in [5.41, 5.74) is 1.12. The Morgan fingerprint density at radius 3 is 2.58 bits per heavy atom. The first-order valence-corrected chi connectivity index (χ1v) is 6.38. The summed E-state index contributed by atoms with van der Waals surface area (Å²) in [7, 11) is 0. The number of amides is 1. The van der Waals surface area contributed by atoms with Crippen LogP contribution in [0, 0.1) is 0 Å². The molecule has 1 amide bonds. The van der Waals surface area contributed by atoms with Crippen molar-refractivity contribution in [1.82, 2.24) is 5.32 Å². The summed E-state index contributed by atoms with van der Waals surface area (Å²) in [6, 6.07) is 9.90. The molecule has 1 aromatic carbocycles. The molecule has 0 radical (unpaired) electrons. The topological polar surface area (TPSA) is 66.4 Å². The van der Waals surface area contributed by atoms with E-state index in [4.69, 9.17) is 5.11 Å². The molecule has 0 spiro atoms. The summed E-state index contributed by atoms with van der Waals surface area (Å²) in [5.74, 6) is -0.872. The maximum atomic E-state index is 11.4. The first kappa shape index (κ1) is 15.0. The van der Waals surface area contributed by atoms with Crippen molar-refractivity contribution in [3.63, 3.8) is 0 Å². The molecule has 0 saturated carbocycles. The number of carbonyl (C=O) groups excluding carboxylic acids is 1. The number of carboxylic acids is 1. The van der Waals surface area contributed by atoms with Crippen LogP contribution in [0.25, 0.3) is 6.08 Å². The summed E-state index contributed by atoms with van der Waals surface area (Å²) in [6.07, 6.45) is 5.62. The zero-order valence-electron chi connectivity index (χ0n) is 10.8. The maximum Gasteiger partial charge on any atom is 0.303 e. The van der Waals surface area contributed by atoms with Crippen LogP contribution in [-0.2, 0) is 9.59 Å². The average Bonchev–Trinajstić information content (AvgIpc) is 2.41. The lowest BCUT2D eigenvalue weighted by Crippen LogP contribution is -2.24. The van der Waals surface area contributed by atoms with Gasteiger partial charge in [-0.2, -0.15) is 0 Å². The zero-order valence-corrected chi connectivity index (χ0v) is 10.8. The van der Waals surface area contributed by atoms with Gasteiger partial charge in [-0.3, -0.25) is 9.59 Å². The van der Waals surface area contributed by atoms with E-state index in [1.165, 1.54) is 0 Å². The highest BCUT2D eigenvalue weighted by molar-refractivity contribution is 5.76. The van der Waals surface area contributed by atoms with Crippen LogP contribution < -0.4 is 5.32 Å². The van der Waals surface area contributed by atoms with Gasteiger partial charge < -0.3 is 10.4 Å². The molecule has 1 rings (SSSR count). The van der Waals surface area contributed by atoms with Gasteiger partial charge >= 0.3 is 5.97 Å². The lowest BCUT2D eigenvalue weighted by atomic mass is 10.2. The van der Waals surface area contributed by atoms with E-state index < -0.39 is 5.97 Å². The van der Waals surface area contributed by atoms with Crippen molar-refractivity contribution in [3.8, 4) is 0 Å². The van der Waals surface area contributed by atoms with E-state index in [0.717, 1.165) is 5.56 Å². The number of hydrogen-bond acceptors (Lipinski definition) is 2. The summed E-state index contributed by atoms with van der Waals surface area (Å²) >= 11 is 0. The van der Waals surface area contributed by atoms with E-state index in [1.807, 2.05) is 42.5 Å². The largest absolute Gasteiger partial charge is 0.481 e. The van der Waals surface area contributed by atoms with E-state index >= 15 is 0 Å². The minimum Gasteiger partial charge on any atom is -0.481 e. The zero-order chi connectivity index (χ0) is 13.9. The molecule has 0 aliphatic heterocycles. The maximum absolute atomic E-state index is 11.4. The van der Waals surface area contributed by atoms with Crippen molar-refractivity contribution >= 4 is 18.0 Å². The molecule has 0 aliphatic carbocycles. The predicted octanol–water partition coefficient (Wildman–Crippen LogP) is 2.46. The number of carboxylic acid groups (broad SMARTS) is 1. The Bertz CT molecular complexity index is 426. The highest BCUT2D eigenvalue weighted by Crippen LogP contribution is 2.02. The predicted molar refractivity (Wildman–Crippen MR) is 74.6 cm³/mol. The Morgan fingerprint density at radius 2 is 1.89 bits per heavy atom. The van der Waals surface area contributed by atoms with Gasteiger partial charge in [0, 0.05) is 19.4 Å². The summed E-state index contributed by atoms with van der Waals surface area (Å²) in [4.78, 5) is 21.7. The van der Waals surface area contributed by atoms with Crippen LogP contribution in [0.3, 0.4) is 0 Å². The minimum atomic E-state index is -0.833. The normalized spacial score (nSPS) is 10.5. The lowest BCUT2D eigenvalue weighted by Gasteiger charge is -2.02. The fraction of sp³-hybridized carbons (Fsp3) is 0.333. The van der Waals surface area contributed by atoms with Gasteiger partial charge in [-0.15, -0.1) is 0 Å². The highest BCUT2D eigenvalue weighted by atomic mass is 16.4. The van der Waals surface area contributed by atoms with Gasteiger partial charge in [-0.25, -0.2) is 0 Å². The fourth-order valence-electron chi connectivity index (χ4n) is 1.55. The molecule has 2 N–H and O–H groups in total. The Kier molecular flexibility index (Phi) is 7.02. The van der Waals surface area contributed by atoms with Gasteiger partial charge in [-0.05, 0) is 18.4 Å². The van der Waals surface area contributed by atoms with Crippen LogP contribution in [0.4, 0.5) is 0 Å². The summed E-state index contributed by atoms with van der Waals surface area (Å²) < 4.78 is 0. The van der Waals surface area contributed by atoms with Crippen molar-refractivity contribution in [3.05, 3.63) is 42.0 Å². The van der Waals surface area contributed by atoms with E-state index in [2.05, 4.69) is 5.32 Å². The Labute approximate surface area is 113 Å². The summed E-state index contributed by atoms with van der Waals surface area (Å²) in [5, 5.41) is 11.1. The number of aliphatic carboxylic acids is 1.